The smallest absolute Gasteiger partial charge is 0.269 e. The van der Waals surface area contributed by atoms with Crippen molar-refractivity contribution < 1.29 is 14.5 Å². The molecule has 0 bridgehead atoms. The zero-order valence-corrected chi connectivity index (χ0v) is 11.8. The van der Waals surface area contributed by atoms with Crippen LogP contribution in [-0.4, -0.2) is 34.3 Å². The summed E-state index contributed by atoms with van der Waals surface area (Å²) in [7, 11) is 0. The number of rotatable bonds is 5. The zero-order valence-electron chi connectivity index (χ0n) is 11.0. The topological polar surface area (TPSA) is 126 Å². The minimum absolute atomic E-state index is 0.0221. The molecule has 114 valence electrons. The fourth-order valence-corrected chi connectivity index (χ4v) is 1.79. The Kier molecular flexibility index (Phi) is 4.79. The monoisotopic (exact) mass is 323 g/mol. The van der Waals surface area contributed by atoms with Gasteiger partial charge in [0.15, 0.2) is 0 Å². The zero-order chi connectivity index (χ0) is 16.1. The van der Waals surface area contributed by atoms with Gasteiger partial charge < -0.3 is 0 Å². The third-order valence-electron chi connectivity index (χ3n) is 2.67. The van der Waals surface area contributed by atoms with E-state index in [0.717, 1.165) is 0 Å². The first kappa shape index (κ1) is 15.6. The molecule has 0 fully saturated rings. The number of halogens is 1. The number of guanidine groups is 1. The molecule has 1 aliphatic rings. The van der Waals surface area contributed by atoms with Crippen molar-refractivity contribution >= 4 is 40.6 Å². The summed E-state index contributed by atoms with van der Waals surface area (Å²) < 4.78 is 0. The van der Waals surface area contributed by atoms with Crippen LogP contribution in [0, 0.1) is 10.1 Å². The number of carbonyl (C=O) groups is 2. The summed E-state index contributed by atoms with van der Waals surface area (Å²) >= 11 is 5.20. The van der Waals surface area contributed by atoms with Gasteiger partial charge in [0.1, 0.15) is 6.04 Å². The van der Waals surface area contributed by atoms with E-state index < -0.39 is 22.1 Å². The number of hydrogen-bond donors (Lipinski definition) is 2. The Morgan fingerprint density at radius 3 is 2.77 bits per heavy atom. The van der Waals surface area contributed by atoms with E-state index in [4.69, 9.17) is 11.6 Å². The maximum Gasteiger partial charge on any atom is 0.269 e. The number of hydrazone groups is 1. The Morgan fingerprint density at radius 1 is 1.50 bits per heavy atom. The Morgan fingerprint density at radius 2 is 2.18 bits per heavy atom. The SMILES string of the molecule is O=C(Cl)CC1N=C(NN=Cc2ccc([N+](=O)[O-])cc2)NC1=O. The highest BCUT2D eigenvalue weighted by molar-refractivity contribution is 6.63. The van der Waals surface area contributed by atoms with Crippen molar-refractivity contribution in [3.05, 3.63) is 39.9 Å². The number of nitrogens with zero attached hydrogens (tertiary/aromatic N) is 3. The second-order valence-corrected chi connectivity index (χ2v) is 4.68. The molecule has 22 heavy (non-hydrogen) atoms. The Labute approximate surface area is 129 Å². The summed E-state index contributed by atoms with van der Waals surface area (Å²) in [4.78, 5) is 36.1. The average Bonchev–Trinajstić information content (AvgIpc) is 2.79. The van der Waals surface area contributed by atoms with E-state index >= 15 is 0 Å². The summed E-state index contributed by atoms with van der Waals surface area (Å²) in [5, 5.41) is 16.1. The molecule has 1 aromatic rings. The first-order valence-electron chi connectivity index (χ1n) is 6.06. The minimum atomic E-state index is -0.859. The van der Waals surface area contributed by atoms with Crippen LogP contribution in [0.25, 0.3) is 0 Å². The number of nitro groups is 1. The molecule has 1 aliphatic heterocycles. The van der Waals surface area contributed by atoms with Crippen molar-refractivity contribution in [1.82, 2.24) is 10.7 Å². The quantitative estimate of drug-likeness (QED) is 0.354. The lowest BCUT2D eigenvalue weighted by Crippen LogP contribution is -2.35. The fraction of sp³-hybridized carbons (Fsp3) is 0.167. The van der Waals surface area contributed by atoms with E-state index in [1.165, 1.54) is 30.5 Å². The number of amides is 1. The molecule has 0 radical (unpaired) electrons. The first-order valence-corrected chi connectivity index (χ1v) is 6.44. The van der Waals surface area contributed by atoms with Gasteiger partial charge in [-0.3, -0.25) is 25.0 Å². The molecule has 10 heteroatoms. The Bertz CT molecular complexity index is 671. The van der Waals surface area contributed by atoms with Gasteiger partial charge in [0.05, 0.1) is 17.6 Å². The van der Waals surface area contributed by atoms with Crippen molar-refractivity contribution in [3.63, 3.8) is 0 Å². The predicted molar refractivity (Wildman–Crippen MR) is 78.7 cm³/mol. The molecule has 9 nitrogen and oxygen atoms in total. The second kappa shape index (κ2) is 6.76. The van der Waals surface area contributed by atoms with Gasteiger partial charge in [-0.15, -0.1) is 0 Å². The summed E-state index contributed by atoms with van der Waals surface area (Å²) in [6.45, 7) is 0. The van der Waals surface area contributed by atoms with Crippen molar-refractivity contribution in [3.8, 4) is 0 Å². The molecular weight excluding hydrogens is 314 g/mol. The normalized spacial score (nSPS) is 17.2. The highest BCUT2D eigenvalue weighted by atomic mass is 35.5. The molecule has 0 spiro atoms. The number of non-ortho nitro benzene ring substituents is 1. The average molecular weight is 324 g/mol. The van der Waals surface area contributed by atoms with E-state index in [1.54, 1.807) is 0 Å². The Balaban J connectivity index is 1.93. The molecule has 0 saturated carbocycles. The van der Waals surface area contributed by atoms with Crippen LogP contribution in [0.2, 0.25) is 0 Å². The lowest BCUT2D eigenvalue weighted by atomic mass is 10.2. The molecule has 2 N–H and O–H groups in total. The van der Waals surface area contributed by atoms with Crippen molar-refractivity contribution in [2.75, 3.05) is 0 Å². The molecule has 0 aliphatic carbocycles. The van der Waals surface area contributed by atoms with Gasteiger partial charge in [0.2, 0.25) is 11.2 Å². The number of carbonyl (C=O) groups excluding carboxylic acids is 2. The number of aliphatic imine (C=N–C) groups is 1. The van der Waals surface area contributed by atoms with E-state index in [-0.39, 0.29) is 18.1 Å². The molecule has 0 aromatic heterocycles. The molecule has 1 aromatic carbocycles. The van der Waals surface area contributed by atoms with Gasteiger partial charge in [-0.25, -0.2) is 10.4 Å². The summed E-state index contributed by atoms with van der Waals surface area (Å²) in [5.41, 5.74) is 3.10. The number of benzene rings is 1. The van der Waals surface area contributed by atoms with Gasteiger partial charge >= 0.3 is 0 Å². The van der Waals surface area contributed by atoms with E-state index in [1.807, 2.05) is 0 Å². The standard InChI is InChI=1S/C12H10ClN5O4/c13-10(19)5-9-11(20)16-12(15-9)17-14-6-7-1-3-8(4-2-7)18(21)22/h1-4,6,9H,5H2,(H2,15,16,17,20). The minimum Gasteiger partial charge on any atom is -0.293 e. The molecular formula is C12H10ClN5O4. The largest absolute Gasteiger partial charge is 0.293 e. The van der Waals surface area contributed by atoms with Crippen molar-refractivity contribution in [2.45, 2.75) is 12.5 Å². The van der Waals surface area contributed by atoms with Crippen LogP contribution >= 0.6 is 11.6 Å². The van der Waals surface area contributed by atoms with E-state index in [0.29, 0.717) is 5.56 Å². The second-order valence-electron chi connectivity index (χ2n) is 4.26. The molecule has 0 saturated heterocycles. The van der Waals surface area contributed by atoms with Gasteiger partial charge in [-0.05, 0) is 29.3 Å². The van der Waals surface area contributed by atoms with Crippen LogP contribution in [0.3, 0.4) is 0 Å². The van der Waals surface area contributed by atoms with Crippen molar-refractivity contribution in [1.29, 1.82) is 0 Å². The predicted octanol–water partition coefficient (Wildman–Crippen LogP) is 0.528. The number of nitrogens with one attached hydrogen (secondary N) is 2. The van der Waals surface area contributed by atoms with E-state index in [2.05, 4.69) is 20.8 Å². The highest BCUT2D eigenvalue weighted by Crippen LogP contribution is 2.10. The van der Waals surface area contributed by atoms with Gasteiger partial charge in [0, 0.05) is 12.1 Å². The summed E-state index contributed by atoms with van der Waals surface area (Å²) in [6.07, 6.45) is 1.21. The number of nitro benzene ring substituents is 1. The van der Waals surface area contributed by atoms with Crippen LogP contribution in [0.4, 0.5) is 5.69 Å². The van der Waals surface area contributed by atoms with E-state index in [9.17, 15) is 19.7 Å². The molecule has 1 unspecified atom stereocenters. The maximum absolute atomic E-state index is 11.5. The van der Waals surface area contributed by atoms with Crippen LogP contribution in [-0.2, 0) is 9.59 Å². The van der Waals surface area contributed by atoms with Crippen molar-refractivity contribution in [2.24, 2.45) is 10.1 Å². The Hall–Kier alpha value is -2.81. The molecule has 1 amide bonds. The third kappa shape index (κ3) is 4.09. The summed E-state index contributed by atoms with van der Waals surface area (Å²) in [6, 6.07) is 4.87. The van der Waals surface area contributed by atoms with Crippen LogP contribution in [0.1, 0.15) is 12.0 Å². The van der Waals surface area contributed by atoms with Crippen LogP contribution in [0.15, 0.2) is 34.4 Å². The van der Waals surface area contributed by atoms with Gasteiger partial charge in [-0.2, -0.15) is 5.10 Å². The lowest BCUT2D eigenvalue weighted by molar-refractivity contribution is -0.384. The van der Waals surface area contributed by atoms with Gasteiger partial charge in [0.25, 0.3) is 11.6 Å². The first-order chi connectivity index (χ1) is 10.5. The molecule has 2 rings (SSSR count). The third-order valence-corrected chi connectivity index (χ3v) is 2.83. The lowest BCUT2D eigenvalue weighted by Gasteiger charge is -1.98. The van der Waals surface area contributed by atoms with Crippen LogP contribution < -0.4 is 10.7 Å². The highest BCUT2D eigenvalue weighted by Gasteiger charge is 2.27. The maximum atomic E-state index is 11.5. The summed E-state index contributed by atoms with van der Waals surface area (Å²) in [5.74, 6) is -0.340. The number of hydrogen-bond acceptors (Lipinski definition) is 7. The van der Waals surface area contributed by atoms with Crippen LogP contribution in [0.5, 0.6) is 0 Å². The molecule has 1 heterocycles. The molecule has 1 atom stereocenters. The fourth-order valence-electron chi connectivity index (χ4n) is 1.64. The van der Waals surface area contributed by atoms with Gasteiger partial charge in [-0.1, -0.05) is 0 Å².